The zero-order chi connectivity index (χ0) is 22.2. The standard InChI is InChI=1S/C17H13ClN2O4.C5H10O2/c1-10(17(21)22)23-12-3-5-13(6-4-12)24-16-9-19-15-8-11(18)2-7-14(15)20-16;1-6-5-3-2-4-7-5/h2-10H,1H3,(H,21,22);5H,2-4H2,1H3. The van der Waals surface area contributed by atoms with Gasteiger partial charge in [-0.1, -0.05) is 11.6 Å². The van der Waals surface area contributed by atoms with E-state index in [2.05, 4.69) is 9.97 Å². The molecule has 0 amide bonds. The van der Waals surface area contributed by atoms with Gasteiger partial charge in [0.25, 0.3) is 0 Å². The fraction of sp³-hybridized carbons (Fsp3) is 0.318. The van der Waals surface area contributed by atoms with Gasteiger partial charge in [-0.3, -0.25) is 0 Å². The Morgan fingerprint density at radius 3 is 2.55 bits per heavy atom. The number of methoxy groups -OCH3 is 1. The highest BCUT2D eigenvalue weighted by atomic mass is 35.5. The van der Waals surface area contributed by atoms with Crippen molar-refractivity contribution >= 4 is 28.6 Å². The summed E-state index contributed by atoms with van der Waals surface area (Å²) in [6.45, 7) is 2.34. The number of nitrogens with zero attached hydrogens (tertiary/aromatic N) is 2. The first-order chi connectivity index (χ1) is 14.9. The molecule has 2 unspecified atom stereocenters. The number of hydrogen-bond acceptors (Lipinski definition) is 7. The summed E-state index contributed by atoms with van der Waals surface area (Å²) in [4.78, 5) is 19.4. The second-order valence-electron chi connectivity index (χ2n) is 6.69. The Balaban J connectivity index is 0.000000330. The Morgan fingerprint density at radius 1 is 1.19 bits per heavy atom. The molecule has 0 radical (unpaired) electrons. The minimum Gasteiger partial charge on any atom is -0.479 e. The molecule has 0 bridgehead atoms. The van der Waals surface area contributed by atoms with Crippen LogP contribution in [0.25, 0.3) is 11.0 Å². The number of fused-ring (bicyclic) bond motifs is 1. The number of carboxylic acid groups (broad SMARTS) is 1. The molecule has 1 saturated heterocycles. The quantitative estimate of drug-likeness (QED) is 0.581. The van der Waals surface area contributed by atoms with E-state index in [1.165, 1.54) is 13.1 Å². The SMILES string of the molecule is CC(Oc1ccc(Oc2cnc3cc(Cl)ccc3n2)cc1)C(=O)O.COC1CCCO1. The van der Waals surface area contributed by atoms with Crippen molar-refractivity contribution in [1.82, 2.24) is 9.97 Å². The summed E-state index contributed by atoms with van der Waals surface area (Å²) >= 11 is 5.91. The van der Waals surface area contributed by atoms with Crippen molar-refractivity contribution in [3.05, 3.63) is 53.7 Å². The van der Waals surface area contributed by atoms with Gasteiger partial charge in [0.1, 0.15) is 11.5 Å². The highest BCUT2D eigenvalue weighted by Crippen LogP contribution is 2.24. The second kappa shape index (κ2) is 10.9. The molecule has 2 aromatic carbocycles. The first kappa shape index (κ1) is 22.7. The molecule has 2 heterocycles. The number of carboxylic acids is 1. The summed E-state index contributed by atoms with van der Waals surface area (Å²) in [7, 11) is 1.68. The van der Waals surface area contributed by atoms with Crippen LogP contribution >= 0.6 is 11.6 Å². The van der Waals surface area contributed by atoms with Gasteiger partial charge in [0.05, 0.1) is 17.2 Å². The molecule has 164 valence electrons. The lowest BCUT2D eigenvalue weighted by molar-refractivity contribution is -0.144. The van der Waals surface area contributed by atoms with E-state index in [0.29, 0.717) is 33.4 Å². The van der Waals surface area contributed by atoms with E-state index >= 15 is 0 Å². The Morgan fingerprint density at radius 2 is 1.94 bits per heavy atom. The van der Waals surface area contributed by atoms with E-state index in [1.54, 1.807) is 49.6 Å². The van der Waals surface area contributed by atoms with Crippen molar-refractivity contribution in [3.8, 4) is 17.4 Å². The molecule has 8 nitrogen and oxygen atoms in total. The highest BCUT2D eigenvalue weighted by Gasteiger charge is 2.13. The predicted molar refractivity (Wildman–Crippen MR) is 115 cm³/mol. The molecule has 0 saturated carbocycles. The summed E-state index contributed by atoms with van der Waals surface area (Å²) in [5, 5.41) is 9.42. The molecule has 3 aromatic rings. The second-order valence-corrected chi connectivity index (χ2v) is 7.13. The van der Waals surface area contributed by atoms with E-state index in [4.69, 9.17) is 35.7 Å². The summed E-state index contributed by atoms with van der Waals surface area (Å²) in [6, 6.07) is 11.8. The van der Waals surface area contributed by atoms with Crippen molar-refractivity contribution < 1.29 is 28.8 Å². The number of carbonyl (C=O) groups is 1. The van der Waals surface area contributed by atoms with Crippen molar-refractivity contribution in [3.63, 3.8) is 0 Å². The molecular formula is C22H23ClN2O6. The van der Waals surface area contributed by atoms with Crippen LogP contribution in [0.3, 0.4) is 0 Å². The summed E-state index contributed by atoms with van der Waals surface area (Å²) in [6.07, 6.45) is 2.90. The van der Waals surface area contributed by atoms with Gasteiger partial charge >= 0.3 is 5.97 Å². The first-order valence-electron chi connectivity index (χ1n) is 9.68. The Hall–Kier alpha value is -2.94. The molecule has 0 aliphatic carbocycles. The van der Waals surface area contributed by atoms with Crippen molar-refractivity contribution in [2.24, 2.45) is 0 Å². The number of aromatic nitrogens is 2. The zero-order valence-corrected chi connectivity index (χ0v) is 17.9. The number of ether oxygens (including phenoxy) is 4. The molecule has 31 heavy (non-hydrogen) atoms. The molecule has 2 atom stereocenters. The third-order valence-corrected chi connectivity index (χ3v) is 4.57. The van der Waals surface area contributed by atoms with Crippen LogP contribution in [0.4, 0.5) is 0 Å². The molecule has 4 rings (SSSR count). The third-order valence-electron chi connectivity index (χ3n) is 4.34. The van der Waals surface area contributed by atoms with Crippen LogP contribution in [0.15, 0.2) is 48.7 Å². The van der Waals surface area contributed by atoms with Gasteiger partial charge in [-0.05, 0) is 55.8 Å². The topological polar surface area (TPSA) is 100 Å². The maximum Gasteiger partial charge on any atom is 0.344 e. The number of aliphatic carboxylic acids is 1. The van der Waals surface area contributed by atoms with Crippen LogP contribution in [-0.4, -0.2) is 47.2 Å². The van der Waals surface area contributed by atoms with Gasteiger partial charge in [0.15, 0.2) is 12.4 Å². The Labute approximate surface area is 184 Å². The number of rotatable bonds is 6. The van der Waals surface area contributed by atoms with Gasteiger partial charge in [0, 0.05) is 25.2 Å². The lowest BCUT2D eigenvalue weighted by Gasteiger charge is -2.11. The summed E-state index contributed by atoms with van der Waals surface area (Å²) in [5.74, 6) is 0.295. The monoisotopic (exact) mass is 446 g/mol. The molecule has 1 aromatic heterocycles. The third kappa shape index (κ3) is 6.78. The maximum absolute atomic E-state index is 10.8. The van der Waals surface area contributed by atoms with Crippen LogP contribution in [0.2, 0.25) is 5.02 Å². The summed E-state index contributed by atoms with van der Waals surface area (Å²) in [5.41, 5.74) is 1.35. The van der Waals surface area contributed by atoms with E-state index in [9.17, 15) is 4.79 Å². The van der Waals surface area contributed by atoms with Crippen LogP contribution in [0, 0.1) is 0 Å². The van der Waals surface area contributed by atoms with Gasteiger partial charge in [-0.15, -0.1) is 0 Å². The van der Waals surface area contributed by atoms with Crippen LogP contribution in [-0.2, 0) is 14.3 Å². The molecule has 1 aliphatic heterocycles. The van der Waals surface area contributed by atoms with E-state index in [0.717, 1.165) is 19.4 Å². The molecular weight excluding hydrogens is 424 g/mol. The van der Waals surface area contributed by atoms with Crippen LogP contribution < -0.4 is 9.47 Å². The van der Waals surface area contributed by atoms with Gasteiger partial charge < -0.3 is 24.1 Å². The van der Waals surface area contributed by atoms with Crippen molar-refractivity contribution in [2.45, 2.75) is 32.2 Å². The Bertz CT molecular complexity index is 1010. The van der Waals surface area contributed by atoms with Crippen LogP contribution in [0.5, 0.6) is 17.4 Å². The lowest BCUT2D eigenvalue weighted by Crippen LogP contribution is -2.22. The average molecular weight is 447 g/mol. The lowest BCUT2D eigenvalue weighted by atomic mass is 10.3. The fourth-order valence-electron chi connectivity index (χ4n) is 2.71. The Kier molecular flexibility index (Phi) is 8.00. The zero-order valence-electron chi connectivity index (χ0n) is 17.2. The largest absolute Gasteiger partial charge is 0.479 e. The average Bonchev–Trinajstić information content (AvgIpc) is 3.30. The van der Waals surface area contributed by atoms with Gasteiger partial charge in [-0.2, -0.15) is 0 Å². The van der Waals surface area contributed by atoms with E-state index < -0.39 is 12.1 Å². The first-order valence-corrected chi connectivity index (χ1v) is 10.1. The smallest absolute Gasteiger partial charge is 0.344 e. The number of hydrogen-bond donors (Lipinski definition) is 1. The predicted octanol–water partition coefficient (Wildman–Crippen LogP) is 4.70. The highest BCUT2D eigenvalue weighted by molar-refractivity contribution is 6.31. The molecule has 0 spiro atoms. The minimum absolute atomic E-state index is 0.0972. The molecule has 1 N–H and O–H groups in total. The summed E-state index contributed by atoms with van der Waals surface area (Å²) < 4.78 is 20.9. The van der Waals surface area contributed by atoms with Gasteiger partial charge in [-0.25, -0.2) is 14.8 Å². The van der Waals surface area contributed by atoms with E-state index in [1.807, 2.05) is 0 Å². The fourth-order valence-corrected chi connectivity index (χ4v) is 2.88. The van der Waals surface area contributed by atoms with Crippen LogP contribution in [0.1, 0.15) is 19.8 Å². The molecule has 1 aliphatic rings. The minimum atomic E-state index is -1.03. The molecule has 9 heteroatoms. The van der Waals surface area contributed by atoms with Crippen molar-refractivity contribution in [2.75, 3.05) is 13.7 Å². The van der Waals surface area contributed by atoms with Gasteiger partial charge in [0.2, 0.25) is 5.88 Å². The normalized spacial score (nSPS) is 16.3. The molecule has 1 fully saturated rings. The van der Waals surface area contributed by atoms with Crippen molar-refractivity contribution in [1.29, 1.82) is 0 Å². The number of halogens is 1. The maximum atomic E-state index is 10.8. The van der Waals surface area contributed by atoms with E-state index in [-0.39, 0.29) is 6.29 Å². The number of benzene rings is 2.